The molecular weight excluding hydrogens is 262 g/mol. The first-order chi connectivity index (χ1) is 7.52. The van der Waals surface area contributed by atoms with Crippen molar-refractivity contribution in [1.29, 1.82) is 0 Å². The maximum Gasteiger partial charge on any atom is 0.182 e. The molecule has 0 atom stereocenters. The van der Waals surface area contributed by atoms with Gasteiger partial charge in [-0.15, -0.1) is 0 Å². The van der Waals surface area contributed by atoms with Crippen LogP contribution in [0.15, 0.2) is 4.90 Å². The van der Waals surface area contributed by atoms with Gasteiger partial charge in [0.1, 0.15) is 9.90 Å². The van der Waals surface area contributed by atoms with Gasteiger partial charge in [0.15, 0.2) is 15.7 Å². The highest BCUT2D eigenvalue weighted by atomic mass is 32.2. The van der Waals surface area contributed by atoms with Crippen molar-refractivity contribution in [1.82, 2.24) is 4.37 Å². The van der Waals surface area contributed by atoms with E-state index in [-0.39, 0.29) is 17.3 Å². The predicted octanol–water partition coefficient (Wildman–Crippen LogP) is 0.336. The van der Waals surface area contributed by atoms with Gasteiger partial charge in [0.05, 0.1) is 5.60 Å². The third kappa shape index (κ3) is 3.55. The Bertz CT molecular complexity index is 502. The van der Waals surface area contributed by atoms with Crippen LogP contribution >= 0.6 is 11.5 Å². The third-order valence-electron chi connectivity index (χ3n) is 2.00. The zero-order valence-corrected chi connectivity index (χ0v) is 11.9. The average Bonchev–Trinajstić information content (AvgIpc) is 2.42. The molecule has 98 valence electrons. The van der Waals surface area contributed by atoms with Crippen molar-refractivity contribution in [3.63, 3.8) is 0 Å². The van der Waals surface area contributed by atoms with Crippen LogP contribution in [0.4, 0.5) is 10.8 Å². The minimum absolute atomic E-state index is 0.00935. The summed E-state index contributed by atoms with van der Waals surface area (Å²) in [5.74, 6) is 0.00935. The summed E-state index contributed by atoms with van der Waals surface area (Å²) in [5, 5.41) is 10.2. The summed E-state index contributed by atoms with van der Waals surface area (Å²) in [6.07, 6.45) is 1.09. The largest absolute Gasteiger partial charge is 0.389 e. The number of rotatable bonds is 4. The number of likely N-dealkylation sites (N-methyl/N-ethyl adjacent to an activating group) is 1. The standard InChI is InChI=1S/C9H17N3O3S2/c1-9(2,13)5-12(3)8-6(17(4,14)15)7(10)11-16-8/h13H,5H2,1-4H3,(H2,10,11). The van der Waals surface area contributed by atoms with Crippen molar-refractivity contribution in [2.24, 2.45) is 0 Å². The smallest absolute Gasteiger partial charge is 0.182 e. The molecule has 0 bridgehead atoms. The lowest BCUT2D eigenvalue weighted by molar-refractivity contribution is 0.0886. The van der Waals surface area contributed by atoms with Crippen molar-refractivity contribution in [2.75, 3.05) is 30.5 Å². The maximum atomic E-state index is 11.6. The lowest BCUT2D eigenvalue weighted by atomic mass is 10.1. The molecule has 0 saturated heterocycles. The summed E-state index contributed by atoms with van der Waals surface area (Å²) >= 11 is 1.01. The van der Waals surface area contributed by atoms with Crippen LogP contribution in [-0.2, 0) is 9.84 Å². The molecule has 1 heterocycles. The molecule has 0 amide bonds. The predicted molar refractivity (Wildman–Crippen MR) is 69.2 cm³/mol. The first-order valence-corrected chi connectivity index (χ1v) is 7.57. The number of nitrogen functional groups attached to an aromatic ring is 1. The zero-order valence-electron chi connectivity index (χ0n) is 10.3. The molecule has 1 rings (SSSR count). The molecule has 0 aliphatic rings. The Balaban J connectivity index is 3.16. The van der Waals surface area contributed by atoms with E-state index in [1.165, 1.54) is 0 Å². The fourth-order valence-corrected chi connectivity index (χ4v) is 3.72. The normalized spacial score (nSPS) is 12.8. The quantitative estimate of drug-likeness (QED) is 0.825. The number of anilines is 2. The van der Waals surface area contributed by atoms with Crippen molar-refractivity contribution in [3.05, 3.63) is 0 Å². The Morgan fingerprint density at radius 3 is 2.47 bits per heavy atom. The molecule has 8 heteroatoms. The van der Waals surface area contributed by atoms with Crippen LogP contribution in [0, 0.1) is 0 Å². The SMILES string of the molecule is CN(CC(C)(C)O)c1snc(N)c1S(C)(=O)=O. The first kappa shape index (κ1) is 14.2. The van der Waals surface area contributed by atoms with Crippen molar-refractivity contribution < 1.29 is 13.5 Å². The van der Waals surface area contributed by atoms with Gasteiger partial charge in [-0.05, 0) is 25.4 Å². The molecule has 0 radical (unpaired) electrons. The molecule has 0 saturated carbocycles. The van der Waals surface area contributed by atoms with Gasteiger partial charge in [-0.3, -0.25) is 0 Å². The van der Waals surface area contributed by atoms with Gasteiger partial charge >= 0.3 is 0 Å². The molecule has 0 unspecified atom stereocenters. The van der Waals surface area contributed by atoms with E-state index in [0.29, 0.717) is 5.00 Å². The van der Waals surface area contributed by atoms with Gasteiger partial charge < -0.3 is 15.7 Å². The Morgan fingerprint density at radius 1 is 1.53 bits per heavy atom. The number of aromatic nitrogens is 1. The van der Waals surface area contributed by atoms with Crippen LogP contribution in [0.2, 0.25) is 0 Å². The van der Waals surface area contributed by atoms with Gasteiger partial charge in [-0.2, -0.15) is 4.37 Å². The van der Waals surface area contributed by atoms with E-state index in [4.69, 9.17) is 5.73 Å². The van der Waals surface area contributed by atoms with Crippen LogP contribution in [-0.4, -0.2) is 43.3 Å². The Labute approximate surface area is 105 Å². The monoisotopic (exact) mass is 279 g/mol. The molecule has 6 nitrogen and oxygen atoms in total. The van der Waals surface area contributed by atoms with Gasteiger partial charge in [-0.1, -0.05) is 0 Å². The Morgan fingerprint density at radius 2 is 2.06 bits per heavy atom. The minimum Gasteiger partial charge on any atom is -0.389 e. The highest BCUT2D eigenvalue weighted by molar-refractivity contribution is 7.91. The molecule has 17 heavy (non-hydrogen) atoms. The lowest BCUT2D eigenvalue weighted by Crippen LogP contribution is -2.36. The summed E-state index contributed by atoms with van der Waals surface area (Å²) in [6, 6.07) is 0. The van der Waals surface area contributed by atoms with Gasteiger partial charge in [-0.25, -0.2) is 8.42 Å². The molecule has 0 aliphatic carbocycles. The first-order valence-electron chi connectivity index (χ1n) is 4.91. The molecule has 0 aliphatic heterocycles. The van der Waals surface area contributed by atoms with Gasteiger partial charge in [0, 0.05) is 19.8 Å². The molecule has 0 fully saturated rings. The molecule has 0 aromatic carbocycles. The molecular formula is C9H17N3O3S2. The van der Waals surface area contributed by atoms with E-state index >= 15 is 0 Å². The fraction of sp³-hybridized carbons (Fsp3) is 0.667. The van der Waals surface area contributed by atoms with E-state index in [1.807, 2.05) is 0 Å². The van der Waals surface area contributed by atoms with Gasteiger partial charge in [0.2, 0.25) is 0 Å². The van der Waals surface area contributed by atoms with E-state index in [9.17, 15) is 13.5 Å². The highest BCUT2D eigenvalue weighted by Gasteiger charge is 2.26. The second-order valence-electron chi connectivity index (χ2n) is 4.64. The molecule has 1 aromatic rings. The molecule has 0 spiro atoms. The second-order valence-corrected chi connectivity index (χ2v) is 7.35. The molecule has 3 N–H and O–H groups in total. The summed E-state index contributed by atoms with van der Waals surface area (Å²) in [5.41, 5.74) is 4.63. The average molecular weight is 279 g/mol. The maximum absolute atomic E-state index is 11.6. The van der Waals surface area contributed by atoms with Crippen LogP contribution in [0.25, 0.3) is 0 Å². The van der Waals surface area contributed by atoms with Crippen LogP contribution in [0.1, 0.15) is 13.8 Å². The zero-order chi connectivity index (χ0) is 13.4. The van der Waals surface area contributed by atoms with Crippen LogP contribution in [0.5, 0.6) is 0 Å². The fourth-order valence-electron chi connectivity index (χ4n) is 1.53. The number of nitrogens with two attached hydrogens (primary N) is 1. The third-order valence-corrected chi connectivity index (χ3v) is 4.25. The lowest BCUT2D eigenvalue weighted by Gasteiger charge is -2.26. The Kier molecular flexibility index (Phi) is 3.70. The number of hydrogen-bond donors (Lipinski definition) is 2. The minimum atomic E-state index is -3.42. The molecule has 1 aromatic heterocycles. The summed E-state index contributed by atoms with van der Waals surface area (Å²) in [4.78, 5) is 1.68. The number of sulfone groups is 1. The van der Waals surface area contributed by atoms with Crippen LogP contribution in [0.3, 0.4) is 0 Å². The summed E-state index contributed by atoms with van der Waals surface area (Å²) in [7, 11) is -1.73. The number of hydrogen-bond acceptors (Lipinski definition) is 7. The van der Waals surface area contributed by atoms with Gasteiger partial charge in [0.25, 0.3) is 0 Å². The van der Waals surface area contributed by atoms with Crippen molar-refractivity contribution in [3.8, 4) is 0 Å². The van der Waals surface area contributed by atoms with E-state index in [2.05, 4.69) is 4.37 Å². The van der Waals surface area contributed by atoms with Crippen LogP contribution < -0.4 is 10.6 Å². The van der Waals surface area contributed by atoms with E-state index < -0.39 is 15.4 Å². The Hall–Kier alpha value is -0.860. The van der Waals surface area contributed by atoms with Crippen molar-refractivity contribution >= 4 is 32.2 Å². The highest BCUT2D eigenvalue weighted by Crippen LogP contribution is 2.34. The summed E-state index contributed by atoms with van der Waals surface area (Å²) in [6.45, 7) is 3.58. The summed E-state index contributed by atoms with van der Waals surface area (Å²) < 4.78 is 27.1. The topological polar surface area (TPSA) is 96.5 Å². The second kappa shape index (κ2) is 4.43. The van der Waals surface area contributed by atoms with E-state index in [0.717, 1.165) is 17.8 Å². The number of aliphatic hydroxyl groups is 1. The van der Waals surface area contributed by atoms with E-state index in [1.54, 1.807) is 25.8 Å². The van der Waals surface area contributed by atoms with Crippen molar-refractivity contribution in [2.45, 2.75) is 24.3 Å². The number of nitrogens with zero attached hydrogens (tertiary/aromatic N) is 2.